The minimum Gasteiger partial charge on any atom is -0.353 e. The second-order valence-corrected chi connectivity index (χ2v) is 5.75. The highest BCUT2D eigenvalue weighted by atomic mass is 35.5. The molecule has 132 valence electrons. The van der Waals surface area contributed by atoms with Gasteiger partial charge in [0.2, 0.25) is 5.91 Å². The number of rotatable bonds is 7. The van der Waals surface area contributed by atoms with Gasteiger partial charge in [-0.2, -0.15) is 5.10 Å². The first-order valence-corrected chi connectivity index (χ1v) is 7.90. The molecule has 4 N–H and O–H groups in total. The van der Waals surface area contributed by atoms with Crippen molar-refractivity contribution in [1.29, 1.82) is 0 Å². The molecule has 0 radical (unpaired) electrons. The lowest BCUT2D eigenvalue weighted by Crippen LogP contribution is -2.41. The van der Waals surface area contributed by atoms with Gasteiger partial charge in [-0.3, -0.25) is 9.48 Å². The van der Waals surface area contributed by atoms with Gasteiger partial charge in [-0.1, -0.05) is 19.9 Å². The van der Waals surface area contributed by atoms with Crippen molar-refractivity contribution < 1.29 is 4.79 Å². The quantitative estimate of drug-likeness (QED) is 0.714. The number of nitrogens with two attached hydrogens (primary N) is 1. The number of nitrogens with zero attached hydrogens (tertiary/aromatic N) is 2. The van der Waals surface area contributed by atoms with Crippen LogP contribution < -0.4 is 16.4 Å². The average molecular weight is 352 g/mol. The van der Waals surface area contributed by atoms with Crippen molar-refractivity contribution in [2.75, 3.05) is 17.2 Å². The van der Waals surface area contributed by atoms with Crippen molar-refractivity contribution >= 4 is 35.4 Å². The third-order valence-corrected chi connectivity index (χ3v) is 4.34. The molecule has 0 fully saturated rings. The third-order valence-electron chi connectivity index (χ3n) is 4.34. The molecule has 1 aromatic carbocycles. The fourth-order valence-corrected chi connectivity index (χ4v) is 2.54. The van der Waals surface area contributed by atoms with E-state index in [1.165, 1.54) is 0 Å². The molecule has 7 heteroatoms. The minimum absolute atomic E-state index is 0. The minimum atomic E-state index is -0.507. The highest BCUT2D eigenvalue weighted by Gasteiger charge is 2.33. The summed E-state index contributed by atoms with van der Waals surface area (Å²) in [7, 11) is 1.86. The van der Waals surface area contributed by atoms with E-state index in [-0.39, 0.29) is 18.3 Å². The highest BCUT2D eigenvalue weighted by molar-refractivity contribution is 5.96. The predicted molar refractivity (Wildman–Crippen MR) is 101 cm³/mol. The summed E-state index contributed by atoms with van der Waals surface area (Å²) in [6.45, 7) is 4.34. The second-order valence-electron chi connectivity index (χ2n) is 5.75. The topological polar surface area (TPSA) is 85.0 Å². The van der Waals surface area contributed by atoms with Crippen molar-refractivity contribution in [2.45, 2.75) is 26.7 Å². The third kappa shape index (κ3) is 4.49. The number of halogens is 1. The number of benzene rings is 1. The van der Waals surface area contributed by atoms with Crippen LogP contribution in [0.3, 0.4) is 0 Å². The van der Waals surface area contributed by atoms with Crippen LogP contribution in [0.2, 0.25) is 0 Å². The van der Waals surface area contributed by atoms with Crippen LogP contribution in [-0.4, -0.2) is 22.2 Å². The molecule has 1 amide bonds. The van der Waals surface area contributed by atoms with Gasteiger partial charge in [-0.25, -0.2) is 0 Å². The Balaban J connectivity index is 0.00000288. The molecule has 0 aliphatic heterocycles. The summed E-state index contributed by atoms with van der Waals surface area (Å²) in [5, 5.41) is 10.4. The molecule has 24 heavy (non-hydrogen) atoms. The van der Waals surface area contributed by atoms with Crippen molar-refractivity contribution in [3.8, 4) is 0 Å². The van der Waals surface area contributed by atoms with Crippen molar-refractivity contribution in [2.24, 2.45) is 18.2 Å². The molecule has 1 aromatic heterocycles. The Hall–Kier alpha value is -2.05. The van der Waals surface area contributed by atoms with Gasteiger partial charge in [0.25, 0.3) is 0 Å². The largest absolute Gasteiger partial charge is 0.353 e. The Kier molecular flexibility index (Phi) is 7.25. The number of amides is 1. The first-order valence-electron chi connectivity index (χ1n) is 7.90. The van der Waals surface area contributed by atoms with Crippen LogP contribution in [0.15, 0.2) is 36.7 Å². The lowest BCUT2D eigenvalue weighted by Gasteiger charge is -2.28. The van der Waals surface area contributed by atoms with E-state index >= 15 is 0 Å². The molecule has 0 bridgehead atoms. The van der Waals surface area contributed by atoms with Gasteiger partial charge in [0, 0.05) is 31.2 Å². The van der Waals surface area contributed by atoms with Gasteiger partial charge in [0.1, 0.15) is 0 Å². The van der Waals surface area contributed by atoms with E-state index in [1.807, 2.05) is 51.4 Å². The number of aromatic nitrogens is 2. The summed E-state index contributed by atoms with van der Waals surface area (Å²) < 4.78 is 1.73. The van der Waals surface area contributed by atoms with E-state index in [9.17, 15) is 4.79 Å². The number of nitrogens with one attached hydrogen (secondary N) is 2. The zero-order valence-electron chi connectivity index (χ0n) is 14.4. The van der Waals surface area contributed by atoms with Crippen LogP contribution in [0.25, 0.3) is 0 Å². The van der Waals surface area contributed by atoms with E-state index in [0.29, 0.717) is 6.54 Å². The summed E-state index contributed by atoms with van der Waals surface area (Å²) >= 11 is 0. The van der Waals surface area contributed by atoms with Gasteiger partial charge >= 0.3 is 0 Å². The maximum atomic E-state index is 12.6. The number of hydrogen-bond donors (Lipinski definition) is 3. The Morgan fingerprint density at radius 3 is 2.46 bits per heavy atom. The SMILES string of the molecule is CCC(CC)(CN)C(=O)Nc1cccc(Nc2cnn(C)c2)c1.Cl. The smallest absolute Gasteiger partial charge is 0.231 e. The van der Waals surface area contributed by atoms with Crippen LogP contribution >= 0.6 is 12.4 Å². The molecule has 0 aliphatic carbocycles. The molecular formula is C17H26ClN5O. The molecule has 0 saturated carbocycles. The van der Waals surface area contributed by atoms with Crippen LogP contribution in [0.5, 0.6) is 0 Å². The van der Waals surface area contributed by atoms with Gasteiger partial charge in [0.15, 0.2) is 0 Å². The Bertz CT molecular complexity index is 658. The number of aryl methyl sites for hydroxylation is 1. The lowest BCUT2D eigenvalue weighted by atomic mass is 9.81. The molecule has 6 nitrogen and oxygen atoms in total. The average Bonchev–Trinajstić information content (AvgIpc) is 2.95. The zero-order chi connectivity index (χ0) is 16.9. The van der Waals surface area contributed by atoms with Crippen molar-refractivity contribution in [3.05, 3.63) is 36.7 Å². The molecule has 2 aromatic rings. The van der Waals surface area contributed by atoms with Crippen LogP contribution in [-0.2, 0) is 11.8 Å². The standard InChI is InChI=1S/C17H25N5O.ClH/c1-4-17(5-2,12-18)16(23)21-14-8-6-7-13(9-14)20-15-10-19-22(3)11-15;/h6-11,20H,4-5,12,18H2,1-3H3,(H,21,23);1H. The maximum absolute atomic E-state index is 12.6. The fourth-order valence-electron chi connectivity index (χ4n) is 2.54. The first-order chi connectivity index (χ1) is 11.0. The molecule has 2 rings (SSSR count). The summed E-state index contributed by atoms with van der Waals surface area (Å²) in [4.78, 5) is 12.6. The fraction of sp³-hybridized carbons (Fsp3) is 0.412. The normalized spacial score (nSPS) is 10.8. The monoisotopic (exact) mass is 351 g/mol. The van der Waals surface area contributed by atoms with E-state index < -0.39 is 5.41 Å². The van der Waals surface area contributed by atoms with Gasteiger partial charge in [-0.15, -0.1) is 12.4 Å². The molecular weight excluding hydrogens is 326 g/mol. The number of anilines is 3. The summed E-state index contributed by atoms with van der Waals surface area (Å²) in [5.74, 6) is -0.0245. The van der Waals surface area contributed by atoms with Crippen molar-refractivity contribution in [1.82, 2.24) is 9.78 Å². The highest BCUT2D eigenvalue weighted by Crippen LogP contribution is 2.28. The number of carbonyl (C=O) groups is 1. The zero-order valence-corrected chi connectivity index (χ0v) is 15.2. The Labute approximate surface area is 149 Å². The second kappa shape index (κ2) is 8.70. The van der Waals surface area contributed by atoms with Crippen LogP contribution in [0.4, 0.5) is 17.1 Å². The maximum Gasteiger partial charge on any atom is 0.231 e. The van der Waals surface area contributed by atoms with Gasteiger partial charge in [-0.05, 0) is 31.0 Å². The van der Waals surface area contributed by atoms with Crippen molar-refractivity contribution in [3.63, 3.8) is 0 Å². The van der Waals surface area contributed by atoms with E-state index in [2.05, 4.69) is 15.7 Å². The van der Waals surface area contributed by atoms with Crippen LogP contribution in [0.1, 0.15) is 26.7 Å². The Morgan fingerprint density at radius 1 is 1.25 bits per heavy atom. The molecule has 1 heterocycles. The van der Waals surface area contributed by atoms with E-state index in [4.69, 9.17) is 5.73 Å². The number of hydrogen-bond acceptors (Lipinski definition) is 4. The van der Waals surface area contributed by atoms with Gasteiger partial charge in [0.05, 0.1) is 17.3 Å². The molecule has 0 spiro atoms. The molecule has 0 atom stereocenters. The molecule has 0 saturated heterocycles. The van der Waals surface area contributed by atoms with E-state index in [1.54, 1.807) is 10.9 Å². The first kappa shape index (κ1) is 20.0. The predicted octanol–water partition coefficient (Wildman–Crippen LogP) is 3.29. The van der Waals surface area contributed by atoms with Crippen LogP contribution in [0, 0.1) is 5.41 Å². The molecule has 0 aliphatic rings. The Morgan fingerprint density at radius 2 is 1.92 bits per heavy atom. The summed E-state index contributed by atoms with van der Waals surface area (Å²) in [6.07, 6.45) is 5.08. The van der Waals surface area contributed by atoms with E-state index in [0.717, 1.165) is 29.9 Å². The molecule has 0 unspecified atom stereocenters. The van der Waals surface area contributed by atoms with Gasteiger partial charge < -0.3 is 16.4 Å². The number of carbonyl (C=O) groups excluding carboxylic acids is 1. The summed E-state index contributed by atoms with van der Waals surface area (Å²) in [5.41, 5.74) is 7.87. The lowest BCUT2D eigenvalue weighted by molar-refractivity contribution is -0.125. The summed E-state index contributed by atoms with van der Waals surface area (Å²) in [6, 6.07) is 7.62.